The molecule has 2 aromatic rings. The molecule has 0 radical (unpaired) electrons. The molecule has 0 aromatic heterocycles. The molecule has 0 saturated carbocycles. The fraction of sp³-hybridized carbons (Fsp3) is 0.263. The van der Waals surface area contributed by atoms with Crippen LogP contribution in [0.2, 0.25) is 0 Å². The first-order valence-electron chi connectivity index (χ1n) is 7.95. The summed E-state index contributed by atoms with van der Waals surface area (Å²) in [6.45, 7) is 0.431. The summed E-state index contributed by atoms with van der Waals surface area (Å²) in [4.78, 5) is 11.9. The van der Waals surface area contributed by atoms with E-state index in [0.717, 1.165) is 5.56 Å². The summed E-state index contributed by atoms with van der Waals surface area (Å²) in [7, 11) is 4.67. The number of urea groups is 1. The first-order valence-corrected chi connectivity index (χ1v) is 7.95. The highest BCUT2D eigenvalue weighted by Gasteiger charge is 2.13. The summed E-state index contributed by atoms with van der Waals surface area (Å²) in [5, 5.41) is 14.3. The molecule has 0 bridgehead atoms. The molecule has 0 aliphatic carbocycles. The van der Waals surface area contributed by atoms with Crippen molar-refractivity contribution in [3.8, 4) is 23.3 Å². The van der Waals surface area contributed by atoms with E-state index in [0.29, 0.717) is 41.5 Å². The Morgan fingerprint density at radius 1 is 1.04 bits per heavy atom. The van der Waals surface area contributed by atoms with Gasteiger partial charge in [-0.05, 0) is 48.4 Å². The summed E-state index contributed by atoms with van der Waals surface area (Å²) in [6, 6.07) is 12.1. The minimum Gasteiger partial charge on any atom is -0.493 e. The zero-order chi connectivity index (χ0) is 18.9. The maximum atomic E-state index is 11.9. The van der Waals surface area contributed by atoms with E-state index in [9.17, 15) is 4.79 Å². The zero-order valence-corrected chi connectivity index (χ0v) is 15.0. The highest BCUT2D eigenvalue weighted by atomic mass is 16.5. The Kier molecular flexibility index (Phi) is 6.68. The topological polar surface area (TPSA) is 92.6 Å². The average molecular weight is 355 g/mol. The van der Waals surface area contributed by atoms with Gasteiger partial charge in [0, 0.05) is 12.2 Å². The van der Waals surface area contributed by atoms with Crippen molar-refractivity contribution in [1.29, 1.82) is 5.26 Å². The van der Waals surface area contributed by atoms with Crippen molar-refractivity contribution >= 4 is 11.7 Å². The average Bonchev–Trinajstić information content (AvgIpc) is 2.67. The molecule has 2 rings (SSSR count). The fourth-order valence-electron chi connectivity index (χ4n) is 2.40. The second-order valence-electron chi connectivity index (χ2n) is 5.35. The van der Waals surface area contributed by atoms with Gasteiger partial charge in [-0.2, -0.15) is 5.26 Å². The van der Waals surface area contributed by atoms with Crippen LogP contribution in [0.15, 0.2) is 36.4 Å². The quantitative estimate of drug-likeness (QED) is 0.796. The van der Waals surface area contributed by atoms with Gasteiger partial charge < -0.3 is 24.8 Å². The lowest BCUT2D eigenvalue weighted by molar-refractivity contribution is 0.252. The van der Waals surface area contributed by atoms with Crippen LogP contribution in [0, 0.1) is 11.3 Å². The molecule has 0 aliphatic rings. The second-order valence-corrected chi connectivity index (χ2v) is 5.35. The van der Waals surface area contributed by atoms with Crippen LogP contribution in [0.1, 0.15) is 11.1 Å². The van der Waals surface area contributed by atoms with Gasteiger partial charge in [0.25, 0.3) is 0 Å². The summed E-state index contributed by atoms with van der Waals surface area (Å²) in [5.41, 5.74) is 2.10. The number of carbonyl (C=O) groups is 1. The smallest absolute Gasteiger partial charge is 0.319 e. The molecule has 0 spiro atoms. The SMILES string of the molecule is COc1cc(CCNC(=O)Nc2ccc(C#N)cc2)cc(OC)c1OC. The van der Waals surface area contributed by atoms with E-state index in [-0.39, 0.29) is 6.03 Å². The molecule has 26 heavy (non-hydrogen) atoms. The number of ether oxygens (including phenoxy) is 3. The minimum absolute atomic E-state index is 0.317. The van der Waals surface area contributed by atoms with Gasteiger partial charge in [-0.3, -0.25) is 0 Å². The van der Waals surface area contributed by atoms with E-state index < -0.39 is 0 Å². The van der Waals surface area contributed by atoms with Gasteiger partial charge in [0.1, 0.15) is 0 Å². The second kappa shape index (κ2) is 9.18. The highest BCUT2D eigenvalue weighted by molar-refractivity contribution is 5.89. The number of benzene rings is 2. The zero-order valence-electron chi connectivity index (χ0n) is 15.0. The molecule has 7 nitrogen and oxygen atoms in total. The maximum Gasteiger partial charge on any atom is 0.319 e. The number of nitrogens with zero attached hydrogens (tertiary/aromatic N) is 1. The van der Waals surface area contributed by atoms with Crippen LogP contribution in [0.25, 0.3) is 0 Å². The van der Waals surface area contributed by atoms with Crippen LogP contribution in [-0.2, 0) is 6.42 Å². The van der Waals surface area contributed by atoms with Crippen molar-refractivity contribution in [1.82, 2.24) is 5.32 Å². The molecular weight excluding hydrogens is 334 g/mol. The molecule has 0 saturated heterocycles. The molecule has 7 heteroatoms. The van der Waals surface area contributed by atoms with Gasteiger partial charge in [0.2, 0.25) is 5.75 Å². The molecule has 0 unspecified atom stereocenters. The van der Waals surface area contributed by atoms with Crippen LogP contribution in [-0.4, -0.2) is 33.9 Å². The number of anilines is 1. The number of nitrogens with one attached hydrogen (secondary N) is 2. The molecule has 2 amide bonds. The Labute approximate surface area is 152 Å². The normalized spacial score (nSPS) is 9.77. The molecular formula is C19H21N3O4. The maximum absolute atomic E-state index is 11.9. The van der Waals surface area contributed by atoms with Gasteiger partial charge in [-0.25, -0.2) is 4.79 Å². The van der Waals surface area contributed by atoms with Crippen molar-refractivity contribution in [2.45, 2.75) is 6.42 Å². The summed E-state index contributed by atoms with van der Waals surface area (Å²) >= 11 is 0. The monoisotopic (exact) mass is 355 g/mol. The van der Waals surface area contributed by atoms with E-state index in [4.69, 9.17) is 19.5 Å². The van der Waals surface area contributed by atoms with Crippen molar-refractivity contribution in [3.05, 3.63) is 47.5 Å². The number of carbonyl (C=O) groups excluding carboxylic acids is 1. The Balaban J connectivity index is 1.92. The Morgan fingerprint density at radius 2 is 1.65 bits per heavy atom. The lowest BCUT2D eigenvalue weighted by Crippen LogP contribution is -2.30. The summed E-state index contributed by atoms with van der Waals surface area (Å²) in [5.74, 6) is 1.68. The van der Waals surface area contributed by atoms with Gasteiger partial charge >= 0.3 is 6.03 Å². The Morgan fingerprint density at radius 3 is 2.15 bits per heavy atom. The van der Waals surface area contributed by atoms with Crippen molar-refractivity contribution in [3.63, 3.8) is 0 Å². The summed E-state index contributed by atoms with van der Waals surface area (Å²) < 4.78 is 15.9. The largest absolute Gasteiger partial charge is 0.493 e. The van der Waals surface area contributed by atoms with Crippen molar-refractivity contribution in [2.75, 3.05) is 33.2 Å². The first kappa shape index (κ1) is 18.9. The van der Waals surface area contributed by atoms with E-state index in [1.54, 1.807) is 45.6 Å². The predicted octanol–water partition coefficient (Wildman–Crippen LogP) is 2.95. The van der Waals surface area contributed by atoms with Gasteiger partial charge in [0.15, 0.2) is 11.5 Å². The van der Waals surface area contributed by atoms with Crippen LogP contribution in [0.5, 0.6) is 17.2 Å². The number of amides is 2. The van der Waals surface area contributed by atoms with Crippen LogP contribution < -0.4 is 24.8 Å². The number of hydrogen-bond acceptors (Lipinski definition) is 5. The van der Waals surface area contributed by atoms with E-state index in [1.807, 2.05) is 18.2 Å². The standard InChI is InChI=1S/C19H21N3O4/c1-24-16-10-14(11-17(25-2)18(16)26-3)8-9-21-19(23)22-15-6-4-13(12-20)5-7-15/h4-7,10-11H,8-9H2,1-3H3,(H2,21,22,23). The van der Waals surface area contributed by atoms with E-state index in [2.05, 4.69) is 10.6 Å². The Bertz CT molecular complexity index is 772. The van der Waals surface area contributed by atoms with E-state index >= 15 is 0 Å². The summed E-state index contributed by atoms with van der Waals surface area (Å²) in [6.07, 6.45) is 0.595. The number of methoxy groups -OCH3 is 3. The van der Waals surface area contributed by atoms with Crippen LogP contribution in [0.4, 0.5) is 10.5 Å². The third-order valence-corrected chi connectivity index (χ3v) is 3.70. The molecule has 2 aromatic carbocycles. The van der Waals surface area contributed by atoms with Crippen LogP contribution >= 0.6 is 0 Å². The number of rotatable bonds is 7. The highest BCUT2D eigenvalue weighted by Crippen LogP contribution is 2.38. The van der Waals surface area contributed by atoms with Crippen molar-refractivity contribution in [2.24, 2.45) is 0 Å². The molecule has 0 atom stereocenters. The third-order valence-electron chi connectivity index (χ3n) is 3.70. The molecule has 2 N–H and O–H groups in total. The minimum atomic E-state index is -0.317. The fourth-order valence-corrected chi connectivity index (χ4v) is 2.40. The van der Waals surface area contributed by atoms with Crippen LogP contribution in [0.3, 0.4) is 0 Å². The first-order chi connectivity index (χ1) is 12.6. The Hall–Kier alpha value is -3.40. The molecule has 0 aliphatic heterocycles. The van der Waals surface area contributed by atoms with Crippen molar-refractivity contribution < 1.29 is 19.0 Å². The number of hydrogen-bond donors (Lipinski definition) is 2. The van der Waals surface area contributed by atoms with Gasteiger partial charge in [0.05, 0.1) is 33.0 Å². The lowest BCUT2D eigenvalue weighted by Gasteiger charge is -2.14. The lowest BCUT2D eigenvalue weighted by atomic mass is 10.1. The van der Waals surface area contributed by atoms with Gasteiger partial charge in [-0.1, -0.05) is 0 Å². The molecule has 0 fully saturated rings. The predicted molar refractivity (Wildman–Crippen MR) is 98.0 cm³/mol. The number of nitriles is 1. The van der Waals surface area contributed by atoms with Gasteiger partial charge in [-0.15, -0.1) is 0 Å². The molecule has 0 heterocycles. The third kappa shape index (κ3) is 4.80. The van der Waals surface area contributed by atoms with E-state index in [1.165, 1.54) is 0 Å². The molecule has 136 valence electrons.